The summed E-state index contributed by atoms with van der Waals surface area (Å²) in [6.45, 7) is 2.00. The van der Waals surface area contributed by atoms with Gasteiger partial charge in [0.25, 0.3) is 0 Å². The summed E-state index contributed by atoms with van der Waals surface area (Å²) in [5.74, 6) is 0. The first-order chi connectivity index (χ1) is 9.08. The molecule has 0 amide bonds. The highest BCUT2D eigenvalue weighted by molar-refractivity contribution is 8.03. The zero-order chi connectivity index (χ0) is 13.8. The highest BCUT2D eigenvalue weighted by Gasteiger charge is 2.11. The zero-order valence-electron chi connectivity index (χ0n) is 10.6. The minimum Gasteiger partial charge on any atom is -0.328 e. The van der Waals surface area contributed by atoms with Gasteiger partial charge in [0.05, 0.1) is 0 Å². The third-order valence-electron chi connectivity index (χ3n) is 2.33. The molecule has 0 radical (unpaired) electrons. The van der Waals surface area contributed by atoms with Gasteiger partial charge in [-0.3, -0.25) is 0 Å². The molecule has 0 spiro atoms. The van der Waals surface area contributed by atoms with Gasteiger partial charge in [-0.2, -0.15) is 0 Å². The number of thioether (sulfide) groups is 1. The van der Waals surface area contributed by atoms with Gasteiger partial charge in [-0.05, 0) is 37.3 Å². The maximum Gasteiger partial charge on any atom is 0.179 e. The average molecular weight is 332 g/mol. The summed E-state index contributed by atoms with van der Waals surface area (Å²) in [4.78, 5) is 1.11. The Labute approximate surface area is 130 Å². The molecule has 1 aromatic heterocycles. The van der Waals surface area contributed by atoms with Crippen LogP contribution in [-0.2, 0) is 6.42 Å². The fraction of sp³-hybridized carbons (Fsp3) is 0.333. The Morgan fingerprint density at radius 3 is 2.74 bits per heavy atom. The lowest BCUT2D eigenvalue weighted by Gasteiger charge is -2.10. The van der Waals surface area contributed by atoms with E-state index in [-0.39, 0.29) is 6.04 Å². The van der Waals surface area contributed by atoms with Crippen molar-refractivity contribution >= 4 is 46.5 Å². The Morgan fingerprint density at radius 1 is 1.37 bits per heavy atom. The van der Waals surface area contributed by atoms with Crippen LogP contribution in [0.3, 0.4) is 0 Å². The maximum absolute atomic E-state index is 6.07. The van der Waals surface area contributed by atoms with E-state index in [0.29, 0.717) is 0 Å². The van der Waals surface area contributed by atoms with Crippen LogP contribution in [0.2, 0.25) is 5.02 Å². The summed E-state index contributed by atoms with van der Waals surface area (Å²) in [6.07, 6.45) is 2.82. The first-order valence-electron chi connectivity index (χ1n) is 5.68. The monoisotopic (exact) mass is 331 g/mol. The first kappa shape index (κ1) is 15.1. The molecule has 7 heteroatoms. The van der Waals surface area contributed by atoms with Crippen molar-refractivity contribution in [3.05, 3.63) is 28.8 Å². The van der Waals surface area contributed by atoms with Crippen molar-refractivity contribution in [2.75, 3.05) is 6.26 Å². The van der Waals surface area contributed by atoms with E-state index < -0.39 is 0 Å². The number of nitrogens with zero attached hydrogens (tertiary/aromatic N) is 2. The average Bonchev–Trinajstić information content (AvgIpc) is 2.80. The van der Waals surface area contributed by atoms with Crippen LogP contribution in [0.1, 0.15) is 12.5 Å². The molecule has 0 aliphatic carbocycles. The molecule has 1 aromatic carbocycles. The molecule has 0 saturated heterocycles. The van der Waals surface area contributed by atoms with E-state index in [1.54, 1.807) is 34.9 Å². The van der Waals surface area contributed by atoms with Gasteiger partial charge >= 0.3 is 0 Å². The quantitative estimate of drug-likeness (QED) is 0.840. The number of aromatic nitrogens is 2. The predicted molar refractivity (Wildman–Crippen MR) is 84.6 cm³/mol. The fourth-order valence-electron chi connectivity index (χ4n) is 1.55. The van der Waals surface area contributed by atoms with Gasteiger partial charge in [0.2, 0.25) is 0 Å². The zero-order valence-corrected chi connectivity index (χ0v) is 13.8. The van der Waals surface area contributed by atoms with Gasteiger partial charge in [0.15, 0.2) is 8.68 Å². The van der Waals surface area contributed by atoms with Gasteiger partial charge in [-0.15, -0.1) is 10.2 Å². The molecule has 1 heterocycles. The van der Waals surface area contributed by atoms with Crippen LogP contribution in [0.4, 0.5) is 0 Å². The molecule has 2 aromatic rings. The minimum absolute atomic E-state index is 0.122. The molecular formula is C12H14ClN3S3. The standard InChI is InChI=1S/C12H14ClN3S3/c1-7(14)5-8-3-4-9(13)6-10(8)18-12-16-15-11(17-2)19-12/h3-4,6-7H,5,14H2,1-2H3. The molecule has 0 aliphatic rings. The molecule has 0 aliphatic heterocycles. The number of hydrogen-bond acceptors (Lipinski definition) is 6. The number of hydrogen-bond donors (Lipinski definition) is 1. The summed E-state index contributed by atoms with van der Waals surface area (Å²) >= 11 is 10.9. The predicted octanol–water partition coefficient (Wildman–Crippen LogP) is 3.95. The van der Waals surface area contributed by atoms with Crippen molar-refractivity contribution in [2.45, 2.75) is 33.0 Å². The SMILES string of the molecule is CSc1nnc(Sc2cc(Cl)ccc2CC(C)N)s1. The number of nitrogens with two attached hydrogens (primary N) is 1. The maximum atomic E-state index is 6.07. The second kappa shape index (κ2) is 6.95. The Morgan fingerprint density at radius 2 is 2.11 bits per heavy atom. The van der Waals surface area contributed by atoms with E-state index in [1.165, 1.54) is 5.56 Å². The Balaban J connectivity index is 2.24. The molecule has 0 fully saturated rings. The van der Waals surface area contributed by atoms with Crippen LogP contribution in [-0.4, -0.2) is 22.5 Å². The summed E-state index contributed by atoms with van der Waals surface area (Å²) in [6, 6.07) is 6.02. The van der Waals surface area contributed by atoms with E-state index in [4.69, 9.17) is 17.3 Å². The molecule has 19 heavy (non-hydrogen) atoms. The molecule has 102 valence electrons. The van der Waals surface area contributed by atoms with E-state index >= 15 is 0 Å². The molecule has 1 unspecified atom stereocenters. The van der Waals surface area contributed by atoms with Crippen molar-refractivity contribution in [1.82, 2.24) is 10.2 Å². The first-order valence-corrected chi connectivity index (χ1v) is 8.91. The molecular weight excluding hydrogens is 318 g/mol. The van der Waals surface area contributed by atoms with Gasteiger partial charge in [-0.25, -0.2) is 0 Å². The second-order valence-electron chi connectivity index (χ2n) is 4.07. The van der Waals surface area contributed by atoms with Crippen molar-refractivity contribution in [2.24, 2.45) is 5.73 Å². The number of rotatable bonds is 5. The molecule has 0 saturated carbocycles. The molecule has 0 bridgehead atoms. The van der Waals surface area contributed by atoms with Crippen molar-refractivity contribution in [1.29, 1.82) is 0 Å². The lowest BCUT2D eigenvalue weighted by molar-refractivity contribution is 0.729. The van der Waals surface area contributed by atoms with Gasteiger partial charge in [-0.1, -0.05) is 52.5 Å². The van der Waals surface area contributed by atoms with Crippen LogP contribution < -0.4 is 5.73 Å². The van der Waals surface area contributed by atoms with E-state index in [0.717, 1.165) is 25.0 Å². The highest BCUT2D eigenvalue weighted by atomic mass is 35.5. The molecule has 2 rings (SSSR count). The van der Waals surface area contributed by atoms with Gasteiger partial charge < -0.3 is 5.73 Å². The highest BCUT2D eigenvalue weighted by Crippen LogP contribution is 2.36. The topological polar surface area (TPSA) is 51.8 Å². The van der Waals surface area contributed by atoms with E-state index in [9.17, 15) is 0 Å². The second-order valence-corrected chi connectivity index (χ2v) is 7.83. The smallest absolute Gasteiger partial charge is 0.179 e. The van der Waals surface area contributed by atoms with Crippen molar-refractivity contribution in [3.8, 4) is 0 Å². The number of halogens is 1. The minimum atomic E-state index is 0.122. The lowest BCUT2D eigenvalue weighted by atomic mass is 10.1. The van der Waals surface area contributed by atoms with Crippen LogP contribution in [0.25, 0.3) is 0 Å². The number of benzene rings is 1. The largest absolute Gasteiger partial charge is 0.328 e. The van der Waals surface area contributed by atoms with Crippen LogP contribution >= 0.6 is 46.5 Å². The summed E-state index contributed by atoms with van der Waals surface area (Å²) in [5, 5.41) is 8.99. The molecule has 3 nitrogen and oxygen atoms in total. The van der Waals surface area contributed by atoms with Crippen LogP contribution in [0.5, 0.6) is 0 Å². The van der Waals surface area contributed by atoms with Crippen LogP contribution in [0, 0.1) is 0 Å². The van der Waals surface area contributed by atoms with Gasteiger partial charge in [0.1, 0.15) is 0 Å². The third-order valence-corrected chi connectivity index (χ3v) is 5.62. The summed E-state index contributed by atoms with van der Waals surface area (Å²) in [7, 11) is 0. The van der Waals surface area contributed by atoms with Crippen molar-refractivity contribution in [3.63, 3.8) is 0 Å². The molecule has 2 N–H and O–H groups in total. The Bertz CT molecular complexity index is 557. The Hall–Kier alpha value is -0.270. The lowest BCUT2D eigenvalue weighted by Crippen LogP contribution is -2.18. The van der Waals surface area contributed by atoms with E-state index in [1.807, 2.05) is 31.4 Å². The van der Waals surface area contributed by atoms with E-state index in [2.05, 4.69) is 10.2 Å². The normalized spacial score (nSPS) is 12.6. The van der Waals surface area contributed by atoms with Crippen LogP contribution in [0.15, 0.2) is 31.8 Å². The third kappa shape index (κ3) is 4.36. The van der Waals surface area contributed by atoms with Gasteiger partial charge in [0, 0.05) is 16.0 Å². The summed E-state index contributed by atoms with van der Waals surface area (Å²) < 4.78 is 1.90. The molecule has 1 atom stereocenters. The van der Waals surface area contributed by atoms with Crippen molar-refractivity contribution < 1.29 is 0 Å². The summed E-state index contributed by atoms with van der Waals surface area (Å²) in [5.41, 5.74) is 7.08. The Kier molecular flexibility index (Phi) is 5.53. The fourth-order valence-corrected chi connectivity index (χ4v) is 4.37.